The minimum absolute atomic E-state index is 0.0293. The zero-order valence-electron chi connectivity index (χ0n) is 20.8. The normalized spacial score (nSPS) is 19.2. The zero-order valence-corrected chi connectivity index (χ0v) is 20.8. The van der Waals surface area contributed by atoms with E-state index < -0.39 is 0 Å². The molecule has 0 spiro atoms. The maximum Gasteiger partial charge on any atom is 0.231 e. The summed E-state index contributed by atoms with van der Waals surface area (Å²) >= 11 is 0. The molecule has 0 aliphatic carbocycles. The highest BCUT2D eigenvalue weighted by atomic mass is 16.2. The second-order valence-electron chi connectivity index (χ2n) is 9.01. The van der Waals surface area contributed by atoms with Gasteiger partial charge in [-0.1, -0.05) is 60.7 Å². The number of carbonyl (C=O) groups excluding carboxylic acids is 3. The molecule has 1 atom stereocenters. The standard InChI is InChI=1S/C13H18N4O2.C13H16N4O/c14-11(18)8-16-6-7-17(9-12(15)19)13(16)10-4-2-1-3-5-10;14-6-7-16-8-9-17(10-12(15)18)13(16)11-4-2-1-3-5-11/h1-5,13H,6-9H2,(H2,14,18)(H2,15,19);1-5,13H,7-10H2,(H2,15,18). The van der Waals surface area contributed by atoms with Gasteiger partial charge in [0.25, 0.3) is 0 Å². The van der Waals surface area contributed by atoms with Gasteiger partial charge in [0.2, 0.25) is 17.7 Å². The summed E-state index contributed by atoms with van der Waals surface area (Å²) in [7, 11) is 0. The lowest BCUT2D eigenvalue weighted by Gasteiger charge is -2.29. The van der Waals surface area contributed by atoms with Crippen LogP contribution in [0.4, 0.5) is 0 Å². The molecule has 0 radical (unpaired) electrons. The molecule has 2 heterocycles. The largest absolute Gasteiger partial charge is 0.369 e. The van der Waals surface area contributed by atoms with Crippen LogP contribution in [0.1, 0.15) is 23.5 Å². The van der Waals surface area contributed by atoms with Crippen LogP contribution in [-0.4, -0.2) is 89.7 Å². The molecule has 2 aromatic rings. The van der Waals surface area contributed by atoms with Gasteiger partial charge in [-0.05, 0) is 11.1 Å². The summed E-state index contributed by atoms with van der Waals surface area (Å²) in [6.07, 6.45) is -0.153. The SMILES string of the molecule is N#CCN1CCN(CC(N)=O)C1c1ccccc1.NC(=O)CN1CCN(CC(N)=O)C1c1ccccc1. The quantitative estimate of drug-likeness (QED) is 0.386. The molecule has 0 saturated carbocycles. The third-order valence-electron chi connectivity index (χ3n) is 6.28. The molecule has 37 heavy (non-hydrogen) atoms. The molecule has 1 unspecified atom stereocenters. The Hall–Kier alpha value is -3.82. The predicted molar refractivity (Wildman–Crippen MR) is 138 cm³/mol. The van der Waals surface area contributed by atoms with Crippen LogP contribution in [0.2, 0.25) is 0 Å². The number of nitrogens with zero attached hydrogens (tertiary/aromatic N) is 5. The van der Waals surface area contributed by atoms with E-state index in [0.29, 0.717) is 19.6 Å². The van der Waals surface area contributed by atoms with Crippen molar-refractivity contribution in [2.45, 2.75) is 12.3 Å². The van der Waals surface area contributed by atoms with Gasteiger partial charge in [-0.2, -0.15) is 5.26 Å². The van der Waals surface area contributed by atoms with E-state index in [1.807, 2.05) is 75.4 Å². The van der Waals surface area contributed by atoms with Gasteiger partial charge < -0.3 is 17.2 Å². The van der Waals surface area contributed by atoms with E-state index in [-0.39, 0.29) is 49.7 Å². The Morgan fingerprint density at radius 1 is 0.649 bits per heavy atom. The van der Waals surface area contributed by atoms with Crippen LogP contribution in [0, 0.1) is 11.3 Å². The van der Waals surface area contributed by atoms with E-state index >= 15 is 0 Å². The summed E-state index contributed by atoms with van der Waals surface area (Å²) in [6.45, 7) is 3.84. The first-order valence-corrected chi connectivity index (χ1v) is 12.1. The number of carbonyl (C=O) groups is 3. The van der Waals surface area contributed by atoms with Crippen molar-refractivity contribution in [3.63, 3.8) is 0 Å². The molecule has 11 nitrogen and oxygen atoms in total. The lowest BCUT2D eigenvalue weighted by atomic mass is 10.1. The number of nitriles is 1. The fourth-order valence-corrected chi connectivity index (χ4v) is 4.91. The van der Waals surface area contributed by atoms with Crippen molar-refractivity contribution in [1.29, 1.82) is 5.26 Å². The van der Waals surface area contributed by atoms with Crippen LogP contribution in [0.5, 0.6) is 0 Å². The third kappa shape index (κ3) is 7.83. The minimum atomic E-state index is -0.373. The Morgan fingerprint density at radius 3 is 1.30 bits per heavy atom. The Bertz CT molecular complexity index is 1070. The highest BCUT2D eigenvalue weighted by molar-refractivity contribution is 5.77. The first kappa shape index (κ1) is 27.8. The molecular weight excluding hydrogens is 472 g/mol. The molecule has 196 valence electrons. The predicted octanol–water partition coefficient (Wildman–Crippen LogP) is -0.415. The molecule has 11 heteroatoms. The second-order valence-corrected chi connectivity index (χ2v) is 9.01. The minimum Gasteiger partial charge on any atom is -0.369 e. The molecule has 2 aromatic carbocycles. The number of benzene rings is 2. The van der Waals surface area contributed by atoms with E-state index in [2.05, 4.69) is 11.0 Å². The van der Waals surface area contributed by atoms with Crippen molar-refractivity contribution in [2.24, 2.45) is 17.2 Å². The van der Waals surface area contributed by atoms with Crippen LogP contribution < -0.4 is 17.2 Å². The van der Waals surface area contributed by atoms with E-state index in [4.69, 9.17) is 22.5 Å². The Morgan fingerprint density at radius 2 is 0.973 bits per heavy atom. The number of hydrogen-bond donors (Lipinski definition) is 3. The zero-order chi connectivity index (χ0) is 26.8. The number of hydrogen-bond acceptors (Lipinski definition) is 8. The molecule has 0 aromatic heterocycles. The first-order valence-electron chi connectivity index (χ1n) is 12.1. The van der Waals surface area contributed by atoms with Crippen LogP contribution in [0.25, 0.3) is 0 Å². The summed E-state index contributed by atoms with van der Waals surface area (Å²) in [5.41, 5.74) is 17.9. The molecule has 0 bridgehead atoms. The Balaban J connectivity index is 0.000000206. The molecule has 2 fully saturated rings. The summed E-state index contributed by atoms with van der Waals surface area (Å²) < 4.78 is 0. The van der Waals surface area contributed by atoms with Crippen LogP contribution >= 0.6 is 0 Å². The van der Waals surface area contributed by atoms with Crippen molar-refractivity contribution < 1.29 is 14.4 Å². The smallest absolute Gasteiger partial charge is 0.231 e. The molecule has 3 amide bonds. The van der Waals surface area contributed by atoms with Gasteiger partial charge in [-0.15, -0.1) is 0 Å². The average Bonchev–Trinajstić information content (AvgIpc) is 3.43. The molecule has 6 N–H and O–H groups in total. The molecule has 2 saturated heterocycles. The van der Waals surface area contributed by atoms with Crippen molar-refractivity contribution in [3.8, 4) is 6.07 Å². The van der Waals surface area contributed by atoms with Gasteiger partial charge in [0, 0.05) is 26.2 Å². The van der Waals surface area contributed by atoms with Crippen LogP contribution in [0.15, 0.2) is 60.7 Å². The third-order valence-corrected chi connectivity index (χ3v) is 6.28. The average molecular weight is 507 g/mol. The van der Waals surface area contributed by atoms with E-state index in [1.54, 1.807) is 0 Å². The van der Waals surface area contributed by atoms with Gasteiger partial charge in [-0.3, -0.25) is 34.0 Å². The van der Waals surface area contributed by atoms with E-state index in [9.17, 15) is 14.4 Å². The molecule has 2 aliphatic rings. The lowest BCUT2D eigenvalue weighted by Crippen LogP contribution is -2.39. The van der Waals surface area contributed by atoms with E-state index in [1.165, 1.54) is 0 Å². The highest BCUT2D eigenvalue weighted by Gasteiger charge is 2.35. The van der Waals surface area contributed by atoms with Gasteiger partial charge in [0.15, 0.2) is 0 Å². The second kappa shape index (κ2) is 13.5. The van der Waals surface area contributed by atoms with Gasteiger partial charge in [0.05, 0.1) is 44.6 Å². The van der Waals surface area contributed by atoms with Crippen molar-refractivity contribution in [1.82, 2.24) is 19.6 Å². The van der Waals surface area contributed by atoms with Crippen molar-refractivity contribution in [2.75, 3.05) is 52.4 Å². The van der Waals surface area contributed by atoms with Gasteiger partial charge >= 0.3 is 0 Å². The molecular formula is C26H34N8O3. The van der Waals surface area contributed by atoms with Crippen LogP contribution in [0.3, 0.4) is 0 Å². The number of nitrogens with two attached hydrogens (primary N) is 3. The summed E-state index contributed by atoms with van der Waals surface area (Å²) in [6, 6.07) is 21.8. The maximum absolute atomic E-state index is 11.1. The molecule has 4 rings (SSSR count). The highest BCUT2D eigenvalue weighted by Crippen LogP contribution is 2.30. The summed E-state index contributed by atoms with van der Waals surface area (Å²) in [4.78, 5) is 41.3. The Kier molecular flexibility index (Phi) is 10.1. The van der Waals surface area contributed by atoms with Crippen LogP contribution in [-0.2, 0) is 14.4 Å². The monoisotopic (exact) mass is 506 g/mol. The summed E-state index contributed by atoms with van der Waals surface area (Å²) in [5.74, 6) is -1.08. The van der Waals surface area contributed by atoms with Gasteiger partial charge in [-0.25, -0.2) is 0 Å². The first-order chi connectivity index (χ1) is 17.8. The number of rotatable bonds is 9. The Labute approximate surface area is 217 Å². The van der Waals surface area contributed by atoms with E-state index in [0.717, 1.165) is 24.2 Å². The fraction of sp³-hybridized carbons (Fsp3) is 0.385. The topological polar surface area (TPSA) is 166 Å². The van der Waals surface area contributed by atoms with Crippen molar-refractivity contribution >= 4 is 17.7 Å². The number of amides is 3. The summed E-state index contributed by atoms with van der Waals surface area (Å²) in [5, 5.41) is 8.86. The maximum atomic E-state index is 11.1. The van der Waals surface area contributed by atoms with Gasteiger partial charge in [0.1, 0.15) is 0 Å². The van der Waals surface area contributed by atoms with Crippen molar-refractivity contribution in [3.05, 3.63) is 71.8 Å². The molecule has 2 aliphatic heterocycles. The fourth-order valence-electron chi connectivity index (χ4n) is 4.91. The lowest BCUT2D eigenvalue weighted by molar-refractivity contribution is -0.121. The number of primary amides is 3.